The van der Waals surface area contributed by atoms with Crippen LogP contribution in [0.1, 0.15) is 45.4 Å². The zero-order chi connectivity index (χ0) is 9.31. The van der Waals surface area contributed by atoms with Gasteiger partial charge in [0.05, 0.1) is 0 Å². The van der Waals surface area contributed by atoms with Crippen molar-refractivity contribution in [3.8, 4) is 0 Å². The third-order valence-corrected chi connectivity index (χ3v) is 4.07. The van der Waals surface area contributed by atoms with Crippen molar-refractivity contribution < 1.29 is 0 Å². The second-order valence-electron chi connectivity index (χ2n) is 5.40. The van der Waals surface area contributed by atoms with Crippen molar-refractivity contribution in [3.63, 3.8) is 0 Å². The van der Waals surface area contributed by atoms with Gasteiger partial charge >= 0.3 is 0 Å². The molecular formula is C12H23N. The van der Waals surface area contributed by atoms with E-state index < -0.39 is 0 Å². The molecule has 0 radical (unpaired) electrons. The average molecular weight is 181 g/mol. The quantitative estimate of drug-likeness (QED) is 0.633. The molecule has 0 N–H and O–H groups in total. The fourth-order valence-corrected chi connectivity index (χ4v) is 3.40. The summed E-state index contributed by atoms with van der Waals surface area (Å²) in [6.45, 7) is 5.08. The first-order valence-electron chi connectivity index (χ1n) is 5.93. The van der Waals surface area contributed by atoms with Crippen LogP contribution in [0, 0.1) is 11.3 Å². The van der Waals surface area contributed by atoms with Gasteiger partial charge in [-0.15, -0.1) is 0 Å². The van der Waals surface area contributed by atoms with Gasteiger partial charge in [0.25, 0.3) is 0 Å². The van der Waals surface area contributed by atoms with Gasteiger partial charge in [0.15, 0.2) is 0 Å². The summed E-state index contributed by atoms with van der Waals surface area (Å²) < 4.78 is 0. The van der Waals surface area contributed by atoms with E-state index in [2.05, 4.69) is 18.9 Å². The molecule has 1 aliphatic carbocycles. The van der Waals surface area contributed by atoms with Crippen molar-refractivity contribution in [1.82, 2.24) is 4.90 Å². The van der Waals surface area contributed by atoms with Crippen LogP contribution in [0.15, 0.2) is 0 Å². The Morgan fingerprint density at radius 2 is 1.85 bits per heavy atom. The SMILES string of the molecule is CCCC1CCC2(CC1)CN(C)C2. The number of rotatable bonds is 2. The first-order chi connectivity index (χ1) is 6.24. The molecular weight excluding hydrogens is 158 g/mol. The van der Waals surface area contributed by atoms with Crippen molar-refractivity contribution in [2.75, 3.05) is 20.1 Å². The molecule has 1 spiro atoms. The molecule has 0 unspecified atom stereocenters. The Balaban J connectivity index is 1.77. The standard InChI is InChI=1S/C12H23N/c1-3-4-11-5-7-12(8-6-11)9-13(2)10-12/h11H,3-10H2,1-2H3. The summed E-state index contributed by atoms with van der Waals surface area (Å²) in [5, 5.41) is 0. The normalized spacial score (nSPS) is 29.1. The van der Waals surface area contributed by atoms with E-state index in [1.807, 2.05) is 0 Å². The Morgan fingerprint density at radius 3 is 2.31 bits per heavy atom. The predicted molar refractivity (Wildman–Crippen MR) is 56.8 cm³/mol. The minimum atomic E-state index is 0.777. The van der Waals surface area contributed by atoms with Crippen molar-refractivity contribution in [2.45, 2.75) is 45.4 Å². The largest absolute Gasteiger partial charge is 0.305 e. The van der Waals surface area contributed by atoms with E-state index in [9.17, 15) is 0 Å². The minimum Gasteiger partial charge on any atom is -0.305 e. The monoisotopic (exact) mass is 181 g/mol. The Bertz CT molecular complexity index is 160. The van der Waals surface area contributed by atoms with E-state index in [-0.39, 0.29) is 0 Å². The summed E-state index contributed by atoms with van der Waals surface area (Å²) in [6, 6.07) is 0. The van der Waals surface area contributed by atoms with Crippen LogP contribution in [0.5, 0.6) is 0 Å². The lowest BCUT2D eigenvalue weighted by atomic mass is 9.65. The van der Waals surface area contributed by atoms with E-state index in [1.54, 1.807) is 0 Å². The number of nitrogens with zero attached hydrogens (tertiary/aromatic N) is 1. The van der Waals surface area contributed by atoms with Gasteiger partial charge in [-0.05, 0) is 44.1 Å². The maximum Gasteiger partial charge on any atom is 0.00474 e. The Labute approximate surface area is 82.5 Å². The van der Waals surface area contributed by atoms with Crippen molar-refractivity contribution >= 4 is 0 Å². The Kier molecular flexibility index (Phi) is 2.64. The summed E-state index contributed by atoms with van der Waals surface area (Å²) >= 11 is 0. The molecule has 0 atom stereocenters. The van der Waals surface area contributed by atoms with Gasteiger partial charge in [0.2, 0.25) is 0 Å². The highest BCUT2D eigenvalue weighted by molar-refractivity contribution is 4.96. The highest BCUT2D eigenvalue weighted by Crippen LogP contribution is 2.45. The van der Waals surface area contributed by atoms with Gasteiger partial charge in [0.1, 0.15) is 0 Å². The zero-order valence-corrected chi connectivity index (χ0v) is 9.18. The summed E-state index contributed by atoms with van der Waals surface area (Å²) in [6.07, 6.45) is 8.93. The van der Waals surface area contributed by atoms with E-state index in [4.69, 9.17) is 0 Å². The molecule has 1 heteroatoms. The van der Waals surface area contributed by atoms with Gasteiger partial charge in [-0.2, -0.15) is 0 Å². The molecule has 0 aromatic carbocycles. The maximum atomic E-state index is 2.47. The van der Waals surface area contributed by atoms with Crippen LogP contribution in [-0.4, -0.2) is 25.0 Å². The minimum absolute atomic E-state index is 0.777. The third-order valence-electron chi connectivity index (χ3n) is 4.07. The third kappa shape index (κ3) is 1.90. The lowest BCUT2D eigenvalue weighted by molar-refractivity contribution is -0.0220. The summed E-state index contributed by atoms with van der Waals surface area (Å²) in [5.74, 6) is 1.07. The van der Waals surface area contributed by atoms with Gasteiger partial charge in [0, 0.05) is 13.1 Å². The summed E-state index contributed by atoms with van der Waals surface area (Å²) in [7, 11) is 2.25. The second kappa shape index (κ2) is 3.61. The lowest BCUT2D eigenvalue weighted by Gasteiger charge is -2.52. The van der Waals surface area contributed by atoms with Crippen molar-refractivity contribution in [3.05, 3.63) is 0 Å². The van der Waals surface area contributed by atoms with Gasteiger partial charge in [-0.1, -0.05) is 19.8 Å². The average Bonchev–Trinajstić information content (AvgIpc) is 2.07. The molecule has 0 amide bonds. The van der Waals surface area contributed by atoms with Crippen LogP contribution in [-0.2, 0) is 0 Å². The van der Waals surface area contributed by atoms with Crippen LogP contribution >= 0.6 is 0 Å². The molecule has 1 saturated carbocycles. The summed E-state index contributed by atoms with van der Waals surface area (Å²) in [4.78, 5) is 2.47. The van der Waals surface area contributed by atoms with Crippen LogP contribution < -0.4 is 0 Å². The topological polar surface area (TPSA) is 3.24 Å². The van der Waals surface area contributed by atoms with Crippen LogP contribution in [0.3, 0.4) is 0 Å². The highest BCUT2D eigenvalue weighted by Gasteiger charge is 2.42. The lowest BCUT2D eigenvalue weighted by Crippen LogP contribution is -2.55. The number of hydrogen-bond acceptors (Lipinski definition) is 1. The second-order valence-corrected chi connectivity index (χ2v) is 5.40. The molecule has 1 saturated heterocycles. The number of likely N-dealkylation sites (tertiary alicyclic amines) is 1. The van der Waals surface area contributed by atoms with E-state index in [0.717, 1.165) is 11.3 Å². The first kappa shape index (κ1) is 9.51. The highest BCUT2D eigenvalue weighted by atomic mass is 15.2. The van der Waals surface area contributed by atoms with Crippen molar-refractivity contribution in [1.29, 1.82) is 0 Å². The van der Waals surface area contributed by atoms with Crippen LogP contribution in [0.25, 0.3) is 0 Å². The first-order valence-corrected chi connectivity index (χ1v) is 5.93. The Hall–Kier alpha value is -0.0400. The molecule has 2 aliphatic rings. The van der Waals surface area contributed by atoms with Gasteiger partial charge < -0.3 is 4.90 Å². The molecule has 2 rings (SSSR count). The molecule has 1 heterocycles. The Morgan fingerprint density at radius 1 is 1.23 bits per heavy atom. The van der Waals surface area contributed by atoms with E-state index in [0.29, 0.717) is 0 Å². The molecule has 1 aliphatic heterocycles. The molecule has 76 valence electrons. The fourth-order valence-electron chi connectivity index (χ4n) is 3.40. The van der Waals surface area contributed by atoms with Gasteiger partial charge in [-0.25, -0.2) is 0 Å². The fraction of sp³-hybridized carbons (Fsp3) is 1.00. The molecule has 0 bridgehead atoms. The van der Waals surface area contributed by atoms with Gasteiger partial charge in [-0.3, -0.25) is 0 Å². The van der Waals surface area contributed by atoms with E-state index >= 15 is 0 Å². The number of hydrogen-bond donors (Lipinski definition) is 0. The van der Waals surface area contributed by atoms with Crippen LogP contribution in [0.4, 0.5) is 0 Å². The van der Waals surface area contributed by atoms with E-state index in [1.165, 1.54) is 51.6 Å². The molecule has 0 aromatic heterocycles. The maximum absolute atomic E-state index is 2.47. The zero-order valence-electron chi connectivity index (χ0n) is 9.18. The molecule has 13 heavy (non-hydrogen) atoms. The smallest absolute Gasteiger partial charge is 0.00474 e. The van der Waals surface area contributed by atoms with Crippen LogP contribution in [0.2, 0.25) is 0 Å². The molecule has 2 fully saturated rings. The van der Waals surface area contributed by atoms with Crippen molar-refractivity contribution in [2.24, 2.45) is 11.3 Å². The predicted octanol–water partition coefficient (Wildman–Crippen LogP) is 2.91. The molecule has 1 nitrogen and oxygen atoms in total. The summed E-state index contributed by atoms with van der Waals surface area (Å²) in [5.41, 5.74) is 0.777. The molecule has 0 aromatic rings.